The lowest BCUT2D eigenvalue weighted by Crippen LogP contribution is -2.29. The quantitative estimate of drug-likeness (QED) is 0.556. The lowest BCUT2D eigenvalue weighted by molar-refractivity contribution is 0.583. The van der Waals surface area contributed by atoms with Crippen LogP contribution in [0, 0.1) is 6.92 Å². The fourth-order valence-electron chi connectivity index (χ4n) is 2.34. The van der Waals surface area contributed by atoms with Gasteiger partial charge < -0.3 is 9.88 Å². The molecule has 0 atom stereocenters. The van der Waals surface area contributed by atoms with Gasteiger partial charge in [0.1, 0.15) is 17.5 Å². The molecule has 26 heavy (non-hydrogen) atoms. The molecule has 9 heteroatoms. The fraction of sp³-hybridized carbons (Fsp3) is 0.176. The number of nitrogens with zero attached hydrogens (tertiary/aromatic N) is 3. The molecule has 3 rings (SSSR count). The SMILES string of the molecule is Cc1nc(NCCNS(=O)(=O)c2ccc(Br)cc2)cc(-n2cccc2)n1. The molecule has 0 fully saturated rings. The Bertz CT molecular complexity index is 973. The Labute approximate surface area is 160 Å². The van der Waals surface area contributed by atoms with E-state index in [1.807, 2.05) is 42.1 Å². The lowest BCUT2D eigenvalue weighted by Gasteiger charge is -2.10. The summed E-state index contributed by atoms with van der Waals surface area (Å²) in [5.74, 6) is 2.03. The van der Waals surface area contributed by atoms with Crippen LogP contribution in [-0.2, 0) is 10.0 Å². The largest absolute Gasteiger partial charge is 0.369 e. The molecule has 0 radical (unpaired) electrons. The van der Waals surface area contributed by atoms with Gasteiger partial charge in [0.25, 0.3) is 0 Å². The fourth-order valence-corrected chi connectivity index (χ4v) is 3.63. The molecule has 1 aromatic carbocycles. The minimum absolute atomic E-state index is 0.230. The third kappa shape index (κ3) is 4.69. The second-order valence-corrected chi connectivity index (χ2v) is 8.21. The number of sulfonamides is 1. The van der Waals surface area contributed by atoms with Crippen LogP contribution in [0.3, 0.4) is 0 Å². The molecule has 3 aromatic rings. The molecule has 136 valence electrons. The van der Waals surface area contributed by atoms with Crippen molar-refractivity contribution in [3.05, 3.63) is 65.2 Å². The zero-order valence-corrected chi connectivity index (χ0v) is 16.5. The Balaban J connectivity index is 1.59. The molecule has 0 amide bonds. The summed E-state index contributed by atoms with van der Waals surface area (Å²) in [5, 5.41) is 3.12. The molecular formula is C17H18BrN5O2S. The number of hydrogen-bond acceptors (Lipinski definition) is 5. The Kier molecular flexibility index (Phi) is 5.70. The number of hydrogen-bond donors (Lipinski definition) is 2. The van der Waals surface area contributed by atoms with Gasteiger partial charge in [0.15, 0.2) is 0 Å². The number of anilines is 1. The molecular weight excluding hydrogens is 418 g/mol. The molecule has 0 spiro atoms. The van der Waals surface area contributed by atoms with Crippen molar-refractivity contribution >= 4 is 31.8 Å². The van der Waals surface area contributed by atoms with Gasteiger partial charge in [-0.05, 0) is 43.3 Å². The predicted molar refractivity (Wildman–Crippen MR) is 104 cm³/mol. The summed E-state index contributed by atoms with van der Waals surface area (Å²) in [5.41, 5.74) is 0. The molecule has 7 nitrogen and oxygen atoms in total. The molecule has 2 N–H and O–H groups in total. The predicted octanol–water partition coefficient (Wildman–Crippen LogP) is 2.73. The monoisotopic (exact) mass is 435 g/mol. The molecule has 0 saturated heterocycles. The topological polar surface area (TPSA) is 88.9 Å². The summed E-state index contributed by atoms with van der Waals surface area (Å²) in [4.78, 5) is 8.94. The average molecular weight is 436 g/mol. The molecule has 0 bridgehead atoms. The number of aromatic nitrogens is 3. The summed E-state index contributed by atoms with van der Waals surface area (Å²) < 4.78 is 29.8. The molecule has 2 heterocycles. The molecule has 0 saturated carbocycles. The van der Waals surface area contributed by atoms with E-state index in [4.69, 9.17) is 0 Å². The minimum Gasteiger partial charge on any atom is -0.369 e. The van der Waals surface area contributed by atoms with E-state index in [0.717, 1.165) is 10.3 Å². The van der Waals surface area contributed by atoms with Crippen molar-refractivity contribution in [1.29, 1.82) is 0 Å². The summed E-state index contributed by atoms with van der Waals surface area (Å²) in [6, 6.07) is 12.1. The number of aryl methyl sites for hydroxylation is 1. The standard InChI is InChI=1S/C17H18BrN5O2S/c1-13-21-16(12-17(22-13)23-10-2-3-11-23)19-8-9-20-26(24,25)15-6-4-14(18)5-7-15/h2-7,10-12,20H,8-9H2,1H3,(H,19,21,22). The minimum atomic E-state index is -3.53. The van der Waals surface area contributed by atoms with Crippen molar-refractivity contribution in [3.8, 4) is 5.82 Å². The number of rotatable bonds is 7. The van der Waals surface area contributed by atoms with Crippen LogP contribution in [0.4, 0.5) is 5.82 Å². The molecule has 0 aliphatic carbocycles. The van der Waals surface area contributed by atoms with Crippen molar-refractivity contribution in [2.24, 2.45) is 0 Å². The summed E-state index contributed by atoms with van der Waals surface area (Å²) in [7, 11) is -3.53. The van der Waals surface area contributed by atoms with Gasteiger partial charge in [0.2, 0.25) is 10.0 Å². The Morgan fingerprint density at radius 3 is 2.46 bits per heavy atom. The van der Waals surface area contributed by atoms with Crippen LogP contribution >= 0.6 is 15.9 Å². The Morgan fingerprint density at radius 1 is 1.08 bits per heavy atom. The first kappa shape index (κ1) is 18.6. The van der Waals surface area contributed by atoms with E-state index in [1.165, 1.54) is 0 Å². The van der Waals surface area contributed by atoms with Crippen LogP contribution in [0.25, 0.3) is 5.82 Å². The first-order chi connectivity index (χ1) is 12.4. The Hall–Kier alpha value is -2.23. The van der Waals surface area contributed by atoms with Crippen LogP contribution in [-0.4, -0.2) is 36.0 Å². The smallest absolute Gasteiger partial charge is 0.240 e. The summed E-state index contributed by atoms with van der Waals surface area (Å²) in [6.45, 7) is 2.45. The van der Waals surface area contributed by atoms with Crippen molar-refractivity contribution < 1.29 is 8.42 Å². The van der Waals surface area contributed by atoms with Crippen molar-refractivity contribution in [1.82, 2.24) is 19.3 Å². The maximum atomic E-state index is 12.2. The van der Waals surface area contributed by atoms with Crippen molar-refractivity contribution in [3.63, 3.8) is 0 Å². The molecule has 0 unspecified atom stereocenters. The van der Waals surface area contributed by atoms with Crippen LogP contribution in [0.15, 0.2) is 64.2 Å². The third-order valence-electron chi connectivity index (χ3n) is 3.54. The first-order valence-corrected chi connectivity index (χ1v) is 10.2. The van der Waals surface area contributed by atoms with E-state index in [1.54, 1.807) is 24.3 Å². The van der Waals surface area contributed by atoms with Gasteiger partial charge in [0.05, 0.1) is 4.90 Å². The van der Waals surface area contributed by atoms with E-state index < -0.39 is 10.0 Å². The van der Waals surface area contributed by atoms with E-state index in [9.17, 15) is 8.42 Å². The summed E-state index contributed by atoms with van der Waals surface area (Å²) >= 11 is 3.29. The van der Waals surface area contributed by atoms with E-state index in [0.29, 0.717) is 18.2 Å². The third-order valence-corrected chi connectivity index (χ3v) is 5.55. The zero-order valence-electron chi connectivity index (χ0n) is 14.1. The van der Waals surface area contributed by atoms with Crippen LogP contribution in [0.2, 0.25) is 0 Å². The highest BCUT2D eigenvalue weighted by Gasteiger charge is 2.12. The number of benzene rings is 1. The highest BCUT2D eigenvalue weighted by molar-refractivity contribution is 9.10. The highest BCUT2D eigenvalue weighted by Crippen LogP contribution is 2.14. The maximum Gasteiger partial charge on any atom is 0.240 e. The van der Waals surface area contributed by atoms with Gasteiger partial charge in [-0.15, -0.1) is 0 Å². The van der Waals surface area contributed by atoms with E-state index in [2.05, 4.69) is 35.9 Å². The van der Waals surface area contributed by atoms with E-state index >= 15 is 0 Å². The number of nitrogens with one attached hydrogen (secondary N) is 2. The molecule has 2 aromatic heterocycles. The first-order valence-electron chi connectivity index (χ1n) is 7.92. The molecule has 0 aliphatic heterocycles. The van der Waals surface area contributed by atoms with Gasteiger partial charge in [-0.1, -0.05) is 15.9 Å². The molecule has 0 aliphatic rings. The van der Waals surface area contributed by atoms with Gasteiger partial charge in [-0.3, -0.25) is 0 Å². The normalized spacial score (nSPS) is 11.5. The second-order valence-electron chi connectivity index (χ2n) is 5.53. The van der Waals surface area contributed by atoms with Gasteiger partial charge in [-0.25, -0.2) is 23.1 Å². The van der Waals surface area contributed by atoms with Gasteiger partial charge >= 0.3 is 0 Å². The highest BCUT2D eigenvalue weighted by atomic mass is 79.9. The maximum absolute atomic E-state index is 12.2. The second kappa shape index (κ2) is 7.98. The van der Waals surface area contributed by atoms with Crippen LogP contribution in [0.1, 0.15) is 5.82 Å². The van der Waals surface area contributed by atoms with Crippen molar-refractivity contribution in [2.45, 2.75) is 11.8 Å². The Morgan fingerprint density at radius 2 is 1.77 bits per heavy atom. The summed E-state index contributed by atoms with van der Waals surface area (Å²) in [6.07, 6.45) is 3.80. The van der Waals surface area contributed by atoms with Crippen LogP contribution in [0.5, 0.6) is 0 Å². The van der Waals surface area contributed by atoms with Crippen LogP contribution < -0.4 is 10.0 Å². The average Bonchev–Trinajstić information content (AvgIpc) is 3.13. The lowest BCUT2D eigenvalue weighted by atomic mass is 10.4. The zero-order chi connectivity index (χ0) is 18.6. The van der Waals surface area contributed by atoms with Gasteiger partial charge in [-0.2, -0.15) is 0 Å². The van der Waals surface area contributed by atoms with Crippen molar-refractivity contribution in [2.75, 3.05) is 18.4 Å². The van der Waals surface area contributed by atoms with E-state index in [-0.39, 0.29) is 11.4 Å². The number of halogens is 1. The van der Waals surface area contributed by atoms with Gasteiger partial charge in [0, 0.05) is 36.0 Å².